The number of hydrogen-bond donors (Lipinski definition) is 0. The Morgan fingerprint density at radius 1 is 1.32 bits per heavy atom. The van der Waals surface area contributed by atoms with Gasteiger partial charge in [-0.2, -0.15) is 5.26 Å². The lowest BCUT2D eigenvalue weighted by Gasteiger charge is -2.07. The first kappa shape index (κ1) is 21.8. The predicted octanol–water partition coefficient (Wildman–Crippen LogP) is 3.93. The molecule has 0 aliphatic carbocycles. The molecule has 31 heavy (non-hydrogen) atoms. The summed E-state index contributed by atoms with van der Waals surface area (Å²) in [6, 6.07) is 13.7. The van der Waals surface area contributed by atoms with Crippen LogP contribution in [0.2, 0.25) is 0 Å². The van der Waals surface area contributed by atoms with Crippen molar-refractivity contribution in [3.8, 4) is 17.7 Å². The van der Waals surface area contributed by atoms with Crippen molar-refractivity contribution < 1.29 is 18.7 Å². The van der Waals surface area contributed by atoms with Crippen molar-refractivity contribution in [3.63, 3.8) is 0 Å². The van der Waals surface area contributed by atoms with E-state index in [0.29, 0.717) is 10.6 Å². The summed E-state index contributed by atoms with van der Waals surface area (Å²) in [5.41, 5.74) is -0.161. The predicted molar refractivity (Wildman–Crippen MR) is 117 cm³/mol. The first-order valence-corrected chi connectivity index (χ1v) is 11.1. The first-order chi connectivity index (χ1) is 14.8. The number of pyridine rings is 1. The number of nitro groups is 1. The van der Waals surface area contributed by atoms with Crippen molar-refractivity contribution >= 4 is 44.6 Å². The van der Waals surface area contributed by atoms with Gasteiger partial charge in [-0.1, -0.05) is 6.07 Å². The lowest BCUT2D eigenvalue weighted by molar-refractivity contribution is -0.385. The van der Waals surface area contributed by atoms with Crippen LogP contribution in [0.4, 0.5) is 5.69 Å². The second-order valence-electron chi connectivity index (χ2n) is 6.03. The van der Waals surface area contributed by atoms with Gasteiger partial charge >= 0.3 is 0 Å². The van der Waals surface area contributed by atoms with Crippen LogP contribution in [0, 0.1) is 27.4 Å². The summed E-state index contributed by atoms with van der Waals surface area (Å²) < 4.78 is 22.2. The summed E-state index contributed by atoms with van der Waals surface area (Å²) in [6.45, 7) is 0. The van der Waals surface area contributed by atoms with Gasteiger partial charge in [0, 0.05) is 18.3 Å². The molecule has 2 heterocycles. The molecule has 2 aromatic heterocycles. The smallest absolute Gasteiger partial charge is 0.287 e. The lowest BCUT2D eigenvalue weighted by Crippen LogP contribution is -2.14. The number of hydrogen-bond acceptors (Lipinski definition) is 8. The van der Waals surface area contributed by atoms with E-state index < -0.39 is 26.3 Å². The maximum Gasteiger partial charge on any atom is 0.287 e. The van der Waals surface area contributed by atoms with Crippen LogP contribution < -0.4 is 4.74 Å². The number of aromatic nitrogens is 1. The molecule has 0 saturated carbocycles. The van der Waals surface area contributed by atoms with E-state index in [1.807, 2.05) is 6.07 Å². The monoisotopic (exact) mass is 454 g/mol. The number of carbonyl (C=O) groups is 1. The molecule has 0 saturated heterocycles. The molecule has 0 aliphatic heterocycles. The van der Waals surface area contributed by atoms with E-state index in [0.717, 1.165) is 12.4 Å². The molecule has 2 unspecified atom stereocenters. The molecular weight excluding hydrogens is 440 g/mol. The molecule has 3 rings (SSSR count). The largest absolute Gasteiger partial charge is 0.439 e. The zero-order valence-electron chi connectivity index (χ0n) is 15.8. The molecule has 9 nitrogen and oxygen atoms in total. The van der Waals surface area contributed by atoms with E-state index in [4.69, 9.17) is 4.74 Å². The molecule has 0 aliphatic rings. The molecule has 11 heteroatoms. The van der Waals surface area contributed by atoms with E-state index in [2.05, 4.69) is 15.3 Å². The maximum absolute atomic E-state index is 12.8. The lowest BCUT2D eigenvalue weighted by atomic mass is 10.1. The van der Waals surface area contributed by atoms with Crippen LogP contribution in [0.1, 0.15) is 9.67 Å². The molecule has 0 fully saturated rings. The van der Waals surface area contributed by atoms with E-state index in [9.17, 15) is 24.4 Å². The standard InChI is InChI=1S/C20H14N4O5S2/c1-31(28,23-12-14(11-21)20(25)18-3-2-10-30-18)17-7-5-16(6-8-17)29-19-9-4-15(13-22-19)24(26)27/h2-10,12-14H,1H2/b23-12+. The summed E-state index contributed by atoms with van der Waals surface area (Å²) in [5.74, 6) is 2.52. The highest BCUT2D eigenvalue weighted by atomic mass is 32.2. The number of ketones is 1. The Bertz CT molecular complexity index is 1260. The topological polar surface area (TPSA) is 136 Å². The number of thiophene rings is 1. The third-order valence-electron chi connectivity index (χ3n) is 3.91. The number of benzene rings is 1. The van der Waals surface area contributed by atoms with Crippen molar-refractivity contribution in [3.05, 3.63) is 75.1 Å². The van der Waals surface area contributed by atoms with E-state index in [1.54, 1.807) is 17.5 Å². The first-order valence-electron chi connectivity index (χ1n) is 8.58. The van der Waals surface area contributed by atoms with Gasteiger partial charge in [0.1, 0.15) is 17.9 Å². The highest BCUT2D eigenvalue weighted by molar-refractivity contribution is 7.99. The molecule has 2 atom stereocenters. The third kappa shape index (κ3) is 5.39. The average molecular weight is 454 g/mol. The Balaban J connectivity index is 1.71. The fourth-order valence-corrected chi connectivity index (χ4v) is 4.04. The second-order valence-corrected chi connectivity index (χ2v) is 8.94. The van der Waals surface area contributed by atoms with Crippen LogP contribution >= 0.6 is 11.3 Å². The molecular formula is C20H14N4O5S2. The Morgan fingerprint density at radius 3 is 2.61 bits per heavy atom. The van der Waals surface area contributed by atoms with Gasteiger partial charge < -0.3 is 4.74 Å². The van der Waals surface area contributed by atoms with E-state index in [1.165, 1.54) is 47.7 Å². The van der Waals surface area contributed by atoms with Crippen molar-refractivity contribution in [1.82, 2.24) is 4.98 Å². The van der Waals surface area contributed by atoms with Crippen LogP contribution in [-0.4, -0.2) is 32.0 Å². The fraction of sp³-hybridized carbons (Fsp3) is 0.0500. The minimum Gasteiger partial charge on any atom is -0.439 e. The number of nitrogens with zero attached hydrogens (tertiary/aromatic N) is 4. The Morgan fingerprint density at radius 2 is 2.06 bits per heavy atom. The van der Waals surface area contributed by atoms with Crippen LogP contribution in [0.25, 0.3) is 0 Å². The second kappa shape index (κ2) is 9.29. The van der Waals surface area contributed by atoms with Crippen molar-refractivity contribution in [1.29, 1.82) is 5.26 Å². The van der Waals surface area contributed by atoms with Crippen LogP contribution in [0.15, 0.2) is 69.4 Å². The molecule has 1 aromatic carbocycles. The summed E-state index contributed by atoms with van der Waals surface area (Å²) in [4.78, 5) is 26.9. The number of carbonyl (C=O) groups excluding carboxylic acids is 1. The Kier molecular flexibility index (Phi) is 6.54. The normalized spacial score (nSPS) is 13.8. The summed E-state index contributed by atoms with van der Waals surface area (Å²) in [5, 5.41) is 21.6. The molecule has 0 radical (unpaired) electrons. The quantitative estimate of drug-likeness (QED) is 0.165. The van der Waals surface area contributed by atoms with Crippen molar-refractivity contribution in [2.24, 2.45) is 10.3 Å². The van der Waals surface area contributed by atoms with Gasteiger partial charge in [0.05, 0.1) is 30.5 Å². The average Bonchev–Trinajstić information content (AvgIpc) is 3.30. The van der Waals surface area contributed by atoms with E-state index >= 15 is 0 Å². The number of rotatable bonds is 8. The molecule has 156 valence electrons. The SMILES string of the molecule is C=S(=O)(/N=C/C(C#N)C(=O)c1cccs1)c1ccc(Oc2ccc([N+](=O)[O-])cn2)cc1. The van der Waals surface area contributed by atoms with Crippen LogP contribution in [-0.2, 0) is 9.71 Å². The van der Waals surface area contributed by atoms with Gasteiger partial charge in [-0.05, 0) is 41.6 Å². The third-order valence-corrected chi connectivity index (χ3v) is 6.27. The maximum atomic E-state index is 12.8. The van der Waals surface area contributed by atoms with Crippen LogP contribution in [0.5, 0.6) is 11.6 Å². The molecule has 0 bridgehead atoms. The summed E-state index contributed by atoms with van der Waals surface area (Å²) in [6.07, 6.45) is 2.13. The highest BCUT2D eigenvalue weighted by Gasteiger charge is 2.19. The molecule has 0 spiro atoms. The van der Waals surface area contributed by atoms with Crippen LogP contribution in [0.3, 0.4) is 0 Å². The minimum absolute atomic E-state index is 0.149. The molecule has 3 aromatic rings. The van der Waals surface area contributed by atoms with Crippen molar-refractivity contribution in [2.45, 2.75) is 4.90 Å². The Labute approximate surface area is 181 Å². The zero-order valence-corrected chi connectivity index (χ0v) is 17.4. The number of nitriles is 1. The number of ether oxygens (including phenoxy) is 1. The Hall–Kier alpha value is -3.88. The van der Waals surface area contributed by atoms with Gasteiger partial charge in [0.15, 0.2) is 5.78 Å². The van der Waals surface area contributed by atoms with Gasteiger partial charge in [-0.15, -0.1) is 11.3 Å². The minimum atomic E-state index is -3.15. The van der Waals surface area contributed by atoms with Gasteiger partial charge in [0.2, 0.25) is 5.88 Å². The summed E-state index contributed by atoms with van der Waals surface area (Å²) in [7, 11) is -3.15. The highest BCUT2D eigenvalue weighted by Crippen LogP contribution is 2.23. The fourth-order valence-electron chi connectivity index (χ4n) is 2.33. The van der Waals surface area contributed by atoms with Gasteiger partial charge in [0.25, 0.3) is 5.69 Å². The zero-order chi connectivity index (χ0) is 22.4. The molecule has 0 amide bonds. The van der Waals surface area contributed by atoms with Crippen molar-refractivity contribution in [2.75, 3.05) is 0 Å². The van der Waals surface area contributed by atoms with Gasteiger partial charge in [-0.3, -0.25) is 14.9 Å². The summed E-state index contributed by atoms with van der Waals surface area (Å²) >= 11 is 1.21. The number of Topliss-reactive ketones (excluding diaryl/α,β-unsaturated/α-hetero) is 1. The molecule has 0 N–H and O–H groups in total. The van der Waals surface area contributed by atoms with E-state index in [-0.39, 0.29) is 16.5 Å². The van der Waals surface area contributed by atoms with Gasteiger partial charge in [-0.25, -0.2) is 13.6 Å².